The van der Waals surface area contributed by atoms with Crippen LogP contribution < -0.4 is 10.6 Å². The minimum atomic E-state index is -0.0781. The highest BCUT2D eigenvalue weighted by Crippen LogP contribution is 2.25. The van der Waals surface area contributed by atoms with E-state index in [9.17, 15) is 4.79 Å². The van der Waals surface area contributed by atoms with E-state index in [-0.39, 0.29) is 5.91 Å². The number of nitrogens with zero attached hydrogens (tertiary/aromatic N) is 2. The number of para-hydroxylation sites is 1. The van der Waals surface area contributed by atoms with E-state index in [1.165, 1.54) is 6.92 Å². The molecule has 2 aromatic carbocycles. The highest BCUT2D eigenvalue weighted by atomic mass is 16.1. The van der Waals surface area contributed by atoms with E-state index in [4.69, 9.17) is 0 Å². The summed E-state index contributed by atoms with van der Waals surface area (Å²) in [5, 5.41) is 7.07. The number of fused-ring (bicyclic) bond motifs is 1. The monoisotopic (exact) mass is 292 g/mol. The standard InChI is InChI=1S/C17H16N4O/c1-11-9-13(7-8-15(11)20-12(2)22)21-17-14-5-3-4-6-16(14)18-10-19-17/h3-10H,1-2H3,(H,20,22)(H,18,19,21). The van der Waals surface area contributed by atoms with Crippen molar-refractivity contribution in [3.63, 3.8) is 0 Å². The molecule has 0 aliphatic heterocycles. The zero-order valence-electron chi connectivity index (χ0n) is 12.4. The molecule has 5 heteroatoms. The van der Waals surface area contributed by atoms with Gasteiger partial charge in [0, 0.05) is 23.7 Å². The second kappa shape index (κ2) is 5.81. The van der Waals surface area contributed by atoms with Crippen molar-refractivity contribution < 1.29 is 4.79 Å². The molecule has 0 fully saturated rings. The fourth-order valence-electron chi connectivity index (χ4n) is 2.31. The van der Waals surface area contributed by atoms with Crippen molar-refractivity contribution in [2.45, 2.75) is 13.8 Å². The van der Waals surface area contributed by atoms with Gasteiger partial charge in [-0.3, -0.25) is 4.79 Å². The molecule has 0 atom stereocenters. The van der Waals surface area contributed by atoms with Crippen LogP contribution in [0.15, 0.2) is 48.8 Å². The van der Waals surface area contributed by atoms with Gasteiger partial charge in [-0.05, 0) is 42.8 Å². The molecule has 1 amide bonds. The number of amides is 1. The van der Waals surface area contributed by atoms with Crippen molar-refractivity contribution in [3.8, 4) is 0 Å². The van der Waals surface area contributed by atoms with Gasteiger partial charge in [0.2, 0.25) is 5.91 Å². The third-order valence-electron chi connectivity index (χ3n) is 3.34. The second-order valence-electron chi connectivity index (χ2n) is 5.08. The average Bonchev–Trinajstić information content (AvgIpc) is 2.50. The number of carbonyl (C=O) groups excluding carboxylic acids is 1. The largest absolute Gasteiger partial charge is 0.340 e. The molecular weight excluding hydrogens is 276 g/mol. The minimum absolute atomic E-state index is 0.0781. The van der Waals surface area contributed by atoms with Gasteiger partial charge in [0.05, 0.1) is 5.52 Å². The van der Waals surface area contributed by atoms with Crippen molar-refractivity contribution in [2.24, 2.45) is 0 Å². The summed E-state index contributed by atoms with van der Waals surface area (Å²) in [5.41, 5.74) is 3.60. The summed E-state index contributed by atoms with van der Waals surface area (Å²) < 4.78 is 0. The van der Waals surface area contributed by atoms with Crippen molar-refractivity contribution in [1.29, 1.82) is 0 Å². The van der Waals surface area contributed by atoms with Gasteiger partial charge in [-0.2, -0.15) is 0 Å². The summed E-state index contributed by atoms with van der Waals surface area (Å²) in [6.07, 6.45) is 1.54. The van der Waals surface area contributed by atoms with E-state index in [0.29, 0.717) is 0 Å². The molecule has 22 heavy (non-hydrogen) atoms. The van der Waals surface area contributed by atoms with E-state index in [1.54, 1.807) is 6.33 Å². The number of rotatable bonds is 3. The zero-order valence-corrected chi connectivity index (χ0v) is 12.4. The number of benzene rings is 2. The highest BCUT2D eigenvalue weighted by Gasteiger charge is 2.05. The van der Waals surface area contributed by atoms with E-state index in [1.807, 2.05) is 49.4 Å². The lowest BCUT2D eigenvalue weighted by Gasteiger charge is -2.11. The maximum atomic E-state index is 11.1. The quantitative estimate of drug-likeness (QED) is 0.773. The molecule has 0 radical (unpaired) electrons. The van der Waals surface area contributed by atoms with E-state index in [0.717, 1.165) is 33.7 Å². The van der Waals surface area contributed by atoms with Crippen LogP contribution in [0, 0.1) is 6.92 Å². The molecule has 3 aromatic rings. The first-order valence-electron chi connectivity index (χ1n) is 6.98. The molecule has 0 aliphatic rings. The van der Waals surface area contributed by atoms with Gasteiger partial charge in [-0.1, -0.05) is 12.1 Å². The SMILES string of the molecule is CC(=O)Nc1ccc(Nc2ncnc3ccccc23)cc1C. The summed E-state index contributed by atoms with van der Waals surface area (Å²) >= 11 is 0. The fourth-order valence-corrected chi connectivity index (χ4v) is 2.31. The molecule has 5 nitrogen and oxygen atoms in total. The predicted octanol–water partition coefficient (Wildman–Crippen LogP) is 3.64. The number of carbonyl (C=O) groups is 1. The first-order valence-corrected chi connectivity index (χ1v) is 6.98. The number of aromatic nitrogens is 2. The lowest BCUT2D eigenvalue weighted by atomic mass is 10.1. The van der Waals surface area contributed by atoms with Crippen LogP contribution in [0.25, 0.3) is 10.9 Å². The Morgan fingerprint density at radius 1 is 1.09 bits per heavy atom. The lowest BCUT2D eigenvalue weighted by Crippen LogP contribution is -2.07. The first kappa shape index (κ1) is 14.0. The molecule has 1 heterocycles. The Labute approximate surface area is 128 Å². The predicted molar refractivity (Wildman–Crippen MR) is 88.3 cm³/mol. The number of hydrogen-bond acceptors (Lipinski definition) is 4. The number of hydrogen-bond donors (Lipinski definition) is 2. The molecule has 1 aromatic heterocycles. The van der Waals surface area contributed by atoms with E-state index in [2.05, 4.69) is 20.6 Å². The van der Waals surface area contributed by atoms with Crippen LogP contribution in [0.2, 0.25) is 0 Å². The molecule has 0 saturated carbocycles. The second-order valence-corrected chi connectivity index (χ2v) is 5.08. The summed E-state index contributed by atoms with van der Waals surface area (Å²) in [6, 6.07) is 13.6. The van der Waals surface area contributed by atoms with Crippen LogP contribution in [0.5, 0.6) is 0 Å². The Hall–Kier alpha value is -2.95. The Kier molecular flexibility index (Phi) is 3.70. The lowest BCUT2D eigenvalue weighted by molar-refractivity contribution is -0.114. The normalized spacial score (nSPS) is 10.5. The van der Waals surface area contributed by atoms with Gasteiger partial charge in [0.1, 0.15) is 12.1 Å². The first-order chi connectivity index (χ1) is 10.6. The average molecular weight is 292 g/mol. The van der Waals surface area contributed by atoms with Gasteiger partial charge in [0.15, 0.2) is 0 Å². The van der Waals surface area contributed by atoms with Gasteiger partial charge in [-0.25, -0.2) is 9.97 Å². The van der Waals surface area contributed by atoms with Gasteiger partial charge < -0.3 is 10.6 Å². The third kappa shape index (κ3) is 2.88. The maximum absolute atomic E-state index is 11.1. The molecule has 0 spiro atoms. The molecule has 0 aliphatic carbocycles. The summed E-state index contributed by atoms with van der Waals surface area (Å²) in [4.78, 5) is 19.7. The zero-order chi connectivity index (χ0) is 15.5. The Bertz CT molecular complexity index is 840. The van der Waals surface area contributed by atoms with Crippen molar-refractivity contribution in [3.05, 3.63) is 54.4 Å². The molecule has 110 valence electrons. The van der Waals surface area contributed by atoms with E-state index < -0.39 is 0 Å². The van der Waals surface area contributed by atoms with Gasteiger partial charge >= 0.3 is 0 Å². The number of nitrogens with one attached hydrogen (secondary N) is 2. The summed E-state index contributed by atoms with van der Waals surface area (Å²) in [7, 11) is 0. The topological polar surface area (TPSA) is 66.9 Å². The molecule has 0 unspecified atom stereocenters. The van der Waals surface area contributed by atoms with E-state index >= 15 is 0 Å². The van der Waals surface area contributed by atoms with Crippen LogP contribution in [-0.2, 0) is 4.79 Å². The number of anilines is 3. The molecule has 2 N–H and O–H groups in total. The van der Waals surface area contributed by atoms with Crippen LogP contribution in [0.3, 0.4) is 0 Å². The van der Waals surface area contributed by atoms with Crippen LogP contribution in [-0.4, -0.2) is 15.9 Å². The Morgan fingerprint density at radius 3 is 2.68 bits per heavy atom. The molecule has 0 saturated heterocycles. The van der Waals surface area contributed by atoms with Crippen molar-refractivity contribution in [2.75, 3.05) is 10.6 Å². The summed E-state index contributed by atoms with van der Waals surface area (Å²) in [6.45, 7) is 3.45. The maximum Gasteiger partial charge on any atom is 0.221 e. The fraction of sp³-hybridized carbons (Fsp3) is 0.118. The van der Waals surface area contributed by atoms with Gasteiger partial charge in [-0.15, -0.1) is 0 Å². The van der Waals surface area contributed by atoms with Crippen molar-refractivity contribution in [1.82, 2.24) is 9.97 Å². The van der Waals surface area contributed by atoms with Crippen LogP contribution >= 0.6 is 0 Å². The molecular formula is C17H16N4O. The van der Waals surface area contributed by atoms with Crippen molar-refractivity contribution >= 4 is 34.0 Å². The number of aryl methyl sites for hydroxylation is 1. The van der Waals surface area contributed by atoms with Gasteiger partial charge in [0.25, 0.3) is 0 Å². The Balaban J connectivity index is 1.92. The Morgan fingerprint density at radius 2 is 1.91 bits per heavy atom. The smallest absolute Gasteiger partial charge is 0.221 e. The highest BCUT2D eigenvalue weighted by molar-refractivity contribution is 5.92. The molecule has 3 rings (SSSR count). The van der Waals surface area contributed by atoms with Crippen LogP contribution in [0.4, 0.5) is 17.2 Å². The third-order valence-corrected chi connectivity index (χ3v) is 3.34. The molecule has 0 bridgehead atoms. The summed E-state index contributed by atoms with van der Waals surface area (Å²) in [5.74, 6) is 0.683. The van der Waals surface area contributed by atoms with Crippen LogP contribution in [0.1, 0.15) is 12.5 Å². The minimum Gasteiger partial charge on any atom is -0.340 e.